The number of nitrogens with zero attached hydrogens (tertiary/aromatic N) is 2. The van der Waals surface area contributed by atoms with E-state index in [1.165, 1.54) is 11.1 Å². The topological polar surface area (TPSA) is 123 Å². The molecule has 1 fully saturated rings. The molecule has 10 nitrogen and oxygen atoms in total. The molecule has 0 amide bonds. The Labute approximate surface area is 312 Å². The first-order chi connectivity index (χ1) is 24.9. The lowest BCUT2D eigenvalue weighted by molar-refractivity contribution is -0.0777. The quantitative estimate of drug-likeness (QED) is 0.271. The fraction of sp³-hybridized carbons (Fsp3) is 0.575. The summed E-state index contributed by atoms with van der Waals surface area (Å²) < 4.78 is 54.6. The standard InChI is InChI=1S/C40H52ClN3O7S/c1-25-8-6-17-40(49-5,20-37-42-34(22-48-4)26(2)51-37)33-13-10-30(33)21-44-23-39(16-7-9-28-18-31(41)12-14-32(28)39)24-50-36-15-11-29(19-35(36)44)38(45)43-52(46,47)27(25)3/h6,11-12,14-15,17-19,25,27,30,33,38,43,45H,7-10,13,16,20-24H2,1-5H3/b17-6+/t25-,27+,30-,33+,38?,39-,40+/m0/s1. The number of benzene rings is 2. The zero-order valence-corrected chi connectivity index (χ0v) is 32.4. The van der Waals surface area contributed by atoms with Gasteiger partial charge in [0.05, 0.1) is 36.2 Å². The van der Waals surface area contributed by atoms with Crippen molar-refractivity contribution >= 4 is 27.3 Å². The number of methoxy groups -OCH3 is 2. The van der Waals surface area contributed by atoms with Gasteiger partial charge in [-0.05, 0) is 111 Å². The lowest BCUT2D eigenvalue weighted by atomic mass is 9.63. The number of fused-ring (bicyclic) bond motifs is 4. The Morgan fingerprint density at radius 1 is 1.15 bits per heavy atom. The number of aromatic nitrogens is 1. The first-order valence-corrected chi connectivity index (χ1v) is 20.5. The molecule has 2 N–H and O–H groups in total. The lowest BCUT2D eigenvalue weighted by Gasteiger charge is -2.50. The summed E-state index contributed by atoms with van der Waals surface area (Å²) in [5.41, 5.74) is 3.59. The second kappa shape index (κ2) is 14.7. The van der Waals surface area contributed by atoms with Crippen molar-refractivity contribution in [3.8, 4) is 5.75 Å². The van der Waals surface area contributed by atoms with Gasteiger partial charge in [0.15, 0.2) is 5.89 Å². The third kappa shape index (κ3) is 7.05. The van der Waals surface area contributed by atoms with Crippen molar-refractivity contribution in [2.75, 3.05) is 38.8 Å². The Kier molecular flexibility index (Phi) is 10.6. The minimum absolute atomic E-state index is 0.132. The van der Waals surface area contributed by atoms with E-state index in [-0.39, 0.29) is 23.2 Å². The number of sulfonamides is 1. The number of nitrogens with one attached hydrogen (secondary N) is 1. The minimum Gasteiger partial charge on any atom is -0.490 e. The number of allylic oxidation sites excluding steroid dienone is 1. The molecule has 1 spiro atoms. The normalized spacial score (nSPS) is 32.2. The smallest absolute Gasteiger partial charge is 0.216 e. The van der Waals surface area contributed by atoms with E-state index in [0.717, 1.165) is 66.6 Å². The predicted molar refractivity (Wildman–Crippen MR) is 201 cm³/mol. The van der Waals surface area contributed by atoms with Crippen LogP contribution in [0.1, 0.15) is 86.2 Å². The monoisotopic (exact) mass is 753 g/mol. The van der Waals surface area contributed by atoms with Crippen LogP contribution >= 0.6 is 11.6 Å². The molecule has 4 aliphatic rings. The molecule has 0 saturated heterocycles. The Morgan fingerprint density at radius 2 is 1.98 bits per heavy atom. The number of aliphatic hydroxyl groups excluding tert-OH is 1. The van der Waals surface area contributed by atoms with Crippen molar-refractivity contribution in [2.24, 2.45) is 17.8 Å². The largest absolute Gasteiger partial charge is 0.490 e. The Hall–Kier alpha value is -2.93. The average molecular weight is 754 g/mol. The number of ether oxygens (including phenoxy) is 3. The van der Waals surface area contributed by atoms with Gasteiger partial charge >= 0.3 is 0 Å². The van der Waals surface area contributed by atoms with E-state index in [4.69, 9.17) is 35.2 Å². The molecule has 52 heavy (non-hydrogen) atoms. The zero-order valence-electron chi connectivity index (χ0n) is 30.9. The maximum Gasteiger partial charge on any atom is 0.216 e. The summed E-state index contributed by atoms with van der Waals surface area (Å²) in [4.78, 5) is 7.23. The van der Waals surface area contributed by atoms with Gasteiger partial charge in [-0.2, -0.15) is 4.72 Å². The first kappa shape index (κ1) is 37.4. The van der Waals surface area contributed by atoms with Crippen LogP contribution in [0.3, 0.4) is 0 Å². The van der Waals surface area contributed by atoms with Gasteiger partial charge in [0, 0.05) is 37.7 Å². The second-order valence-corrected chi connectivity index (χ2v) is 18.0. The molecule has 7 atom stereocenters. The number of aryl methyl sites for hydroxylation is 2. The van der Waals surface area contributed by atoms with Crippen molar-refractivity contribution in [1.82, 2.24) is 9.71 Å². The molecule has 1 unspecified atom stereocenters. The molecular formula is C40H52ClN3O7S. The van der Waals surface area contributed by atoms with Crippen LogP contribution in [-0.4, -0.2) is 63.3 Å². The highest BCUT2D eigenvalue weighted by Crippen LogP contribution is 2.50. The molecule has 3 heterocycles. The number of oxazole rings is 1. The summed E-state index contributed by atoms with van der Waals surface area (Å²) in [6.07, 6.45) is 8.65. The van der Waals surface area contributed by atoms with Crippen LogP contribution in [0.2, 0.25) is 5.02 Å². The van der Waals surface area contributed by atoms with E-state index in [0.29, 0.717) is 44.1 Å². The van der Waals surface area contributed by atoms with Gasteiger partial charge in [0.25, 0.3) is 0 Å². The van der Waals surface area contributed by atoms with E-state index in [1.807, 2.05) is 32.0 Å². The van der Waals surface area contributed by atoms with E-state index in [1.54, 1.807) is 27.2 Å². The van der Waals surface area contributed by atoms with E-state index >= 15 is 0 Å². The van der Waals surface area contributed by atoms with Crippen LogP contribution < -0.4 is 14.4 Å². The van der Waals surface area contributed by atoms with Crippen LogP contribution in [0, 0.1) is 24.7 Å². The lowest BCUT2D eigenvalue weighted by Crippen LogP contribution is -2.54. The highest BCUT2D eigenvalue weighted by molar-refractivity contribution is 7.90. The number of hydrogen-bond donors (Lipinski definition) is 2. The van der Waals surface area contributed by atoms with Gasteiger partial charge < -0.3 is 28.6 Å². The summed E-state index contributed by atoms with van der Waals surface area (Å²) in [5, 5.41) is 11.3. The summed E-state index contributed by atoms with van der Waals surface area (Å²) in [7, 11) is -0.492. The number of aliphatic hydroxyl groups is 1. The van der Waals surface area contributed by atoms with Gasteiger partial charge in [-0.3, -0.25) is 0 Å². The number of anilines is 1. The van der Waals surface area contributed by atoms with Crippen molar-refractivity contribution in [3.05, 3.63) is 87.6 Å². The summed E-state index contributed by atoms with van der Waals surface area (Å²) in [6, 6.07) is 11.8. The molecule has 12 heteroatoms. The van der Waals surface area contributed by atoms with Crippen molar-refractivity contribution in [3.63, 3.8) is 0 Å². The maximum atomic E-state index is 13.6. The Balaban J connectivity index is 1.33. The van der Waals surface area contributed by atoms with Crippen LogP contribution in [0.5, 0.6) is 5.75 Å². The molecule has 3 aromatic rings. The molecular weight excluding hydrogens is 702 g/mol. The highest BCUT2D eigenvalue weighted by atomic mass is 35.5. The predicted octanol–water partition coefficient (Wildman–Crippen LogP) is 6.80. The van der Waals surface area contributed by atoms with E-state index in [9.17, 15) is 13.5 Å². The summed E-state index contributed by atoms with van der Waals surface area (Å²) >= 11 is 6.49. The molecule has 0 radical (unpaired) electrons. The Bertz CT molecular complexity index is 1920. The fourth-order valence-electron chi connectivity index (χ4n) is 9.00. The molecule has 2 aliphatic carbocycles. The van der Waals surface area contributed by atoms with Gasteiger partial charge in [0.1, 0.15) is 23.4 Å². The second-order valence-electron chi connectivity index (χ2n) is 15.5. The molecule has 1 aromatic heterocycles. The van der Waals surface area contributed by atoms with Gasteiger partial charge in [0.2, 0.25) is 10.0 Å². The van der Waals surface area contributed by atoms with Crippen molar-refractivity contribution < 1.29 is 32.2 Å². The van der Waals surface area contributed by atoms with Crippen molar-refractivity contribution in [2.45, 2.75) is 94.8 Å². The third-order valence-corrected chi connectivity index (χ3v) is 14.6. The van der Waals surface area contributed by atoms with Crippen LogP contribution in [-0.2, 0) is 44.4 Å². The van der Waals surface area contributed by atoms with E-state index in [2.05, 4.69) is 33.9 Å². The SMILES string of the molecule is COCc1nc(C[C@]2(OC)/C=C/C[C@H](C)[C@@H](C)S(=O)(=O)NC(O)c3ccc4c(c3)N(C[C@@H]3CC[C@H]32)C[C@@]2(CCCc3cc(Cl)ccc32)CO4)oc1C. The third-order valence-electron chi connectivity index (χ3n) is 12.4. The maximum absolute atomic E-state index is 13.6. The average Bonchev–Trinajstić information content (AvgIpc) is 3.36. The van der Waals surface area contributed by atoms with Gasteiger partial charge in [-0.15, -0.1) is 0 Å². The molecule has 7 rings (SSSR count). The summed E-state index contributed by atoms with van der Waals surface area (Å²) in [5.74, 6) is 2.18. The first-order valence-electron chi connectivity index (χ1n) is 18.5. The van der Waals surface area contributed by atoms with Gasteiger partial charge in [-0.25, -0.2) is 13.4 Å². The Morgan fingerprint density at radius 3 is 2.73 bits per heavy atom. The molecule has 2 bridgehead atoms. The highest BCUT2D eigenvalue weighted by Gasteiger charge is 2.50. The molecule has 2 aliphatic heterocycles. The zero-order chi connectivity index (χ0) is 36.8. The molecule has 282 valence electrons. The minimum atomic E-state index is -3.89. The fourth-order valence-corrected chi connectivity index (χ4v) is 10.6. The van der Waals surface area contributed by atoms with Crippen LogP contribution in [0.25, 0.3) is 0 Å². The molecule has 2 aromatic carbocycles. The van der Waals surface area contributed by atoms with E-state index < -0.39 is 27.1 Å². The number of halogens is 1. The van der Waals surface area contributed by atoms with Gasteiger partial charge in [-0.1, -0.05) is 42.8 Å². The van der Waals surface area contributed by atoms with Crippen LogP contribution in [0.4, 0.5) is 5.69 Å². The summed E-state index contributed by atoms with van der Waals surface area (Å²) in [6.45, 7) is 7.80. The van der Waals surface area contributed by atoms with Crippen LogP contribution in [0.15, 0.2) is 53.0 Å². The number of hydrogen-bond acceptors (Lipinski definition) is 9. The van der Waals surface area contributed by atoms with Crippen molar-refractivity contribution in [1.29, 1.82) is 0 Å². The number of rotatable bonds is 5. The molecule has 1 saturated carbocycles.